The van der Waals surface area contributed by atoms with Crippen LogP contribution in [0.15, 0.2) is 0 Å². The van der Waals surface area contributed by atoms with Gasteiger partial charge in [0.05, 0.1) is 0 Å². The van der Waals surface area contributed by atoms with Crippen LogP contribution in [-0.2, 0) is 9.63 Å². The van der Waals surface area contributed by atoms with Gasteiger partial charge in [-0.05, 0) is 0 Å². The molecule has 1 heterocycles. The highest BCUT2D eigenvalue weighted by Crippen LogP contribution is 2.20. The highest BCUT2D eigenvalue weighted by molar-refractivity contribution is 5.68. The Balaban J connectivity index is 2.71. The van der Waals surface area contributed by atoms with Crippen molar-refractivity contribution in [2.24, 2.45) is 0 Å². The third-order valence-electron chi connectivity index (χ3n) is 1.55. The third-order valence-corrected chi connectivity index (χ3v) is 1.55. The van der Waals surface area contributed by atoms with Gasteiger partial charge >= 0.3 is 0 Å². The number of hydrogen-bond acceptors (Lipinski definition) is 3. The topological polar surface area (TPSA) is 29.5 Å². The first-order chi connectivity index (χ1) is 4.72. The van der Waals surface area contributed by atoms with E-state index in [1.54, 1.807) is 12.1 Å². The van der Waals surface area contributed by atoms with Crippen molar-refractivity contribution in [1.29, 1.82) is 0 Å². The molecule has 1 atom stereocenters. The lowest BCUT2D eigenvalue weighted by Gasteiger charge is -2.13. The molecule has 1 aliphatic rings. The molecule has 10 heavy (non-hydrogen) atoms. The van der Waals surface area contributed by atoms with E-state index in [0.717, 1.165) is 0 Å². The molecule has 0 aromatic carbocycles. The average Bonchev–Trinajstić information content (AvgIpc) is 2.33. The zero-order valence-electron chi connectivity index (χ0n) is 5.83. The van der Waals surface area contributed by atoms with Crippen molar-refractivity contribution in [3.05, 3.63) is 0 Å². The summed E-state index contributed by atoms with van der Waals surface area (Å²) < 4.78 is 0. The number of aldehydes is 1. The van der Waals surface area contributed by atoms with Crippen LogP contribution in [0.25, 0.3) is 0 Å². The van der Waals surface area contributed by atoms with Crippen LogP contribution in [-0.4, -0.2) is 30.5 Å². The van der Waals surface area contributed by atoms with Gasteiger partial charge < -0.3 is 0 Å². The van der Waals surface area contributed by atoms with Gasteiger partial charge in [-0.1, -0.05) is 5.92 Å². The fraction of sp³-hybridized carbons (Fsp3) is 0.571. The van der Waals surface area contributed by atoms with E-state index in [1.165, 1.54) is 0 Å². The van der Waals surface area contributed by atoms with Gasteiger partial charge in [0.2, 0.25) is 5.60 Å². The van der Waals surface area contributed by atoms with E-state index in [2.05, 4.69) is 5.92 Å². The summed E-state index contributed by atoms with van der Waals surface area (Å²) in [4.78, 5) is 15.5. The van der Waals surface area contributed by atoms with Gasteiger partial charge in [-0.15, -0.1) is 6.42 Å². The first-order valence-electron chi connectivity index (χ1n) is 3.07. The van der Waals surface area contributed by atoms with Crippen molar-refractivity contribution in [3.63, 3.8) is 0 Å². The van der Waals surface area contributed by atoms with E-state index in [1.807, 2.05) is 0 Å². The highest BCUT2D eigenvalue weighted by Gasteiger charge is 2.36. The number of hydrogen-bond donors (Lipinski definition) is 0. The summed E-state index contributed by atoms with van der Waals surface area (Å²) in [6, 6.07) is 0. The van der Waals surface area contributed by atoms with E-state index in [9.17, 15) is 4.79 Å². The molecule has 1 unspecified atom stereocenters. The van der Waals surface area contributed by atoms with Crippen LogP contribution in [0.5, 0.6) is 0 Å². The molecule has 0 aliphatic carbocycles. The Labute approximate surface area is 59.9 Å². The second-order valence-corrected chi connectivity index (χ2v) is 2.34. The largest absolute Gasteiger partial charge is 0.299 e. The number of hydroxylamine groups is 2. The molecular weight excluding hydrogens is 130 g/mol. The predicted molar refractivity (Wildman–Crippen MR) is 36.0 cm³/mol. The Morgan fingerprint density at radius 1 is 1.90 bits per heavy atom. The molecular formula is C7H9NO2. The maximum Gasteiger partial charge on any atom is 0.205 e. The maximum absolute atomic E-state index is 10.4. The van der Waals surface area contributed by atoms with Crippen molar-refractivity contribution in [2.45, 2.75) is 12.0 Å². The normalized spacial score (nSPS) is 33.6. The average molecular weight is 139 g/mol. The molecule has 0 aromatic heterocycles. The van der Waals surface area contributed by atoms with Gasteiger partial charge in [-0.25, -0.2) is 0 Å². The van der Waals surface area contributed by atoms with E-state index in [0.29, 0.717) is 19.3 Å². The number of carbonyl (C=O) groups is 1. The Morgan fingerprint density at radius 2 is 2.60 bits per heavy atom. The summed E-state index contributed by atoms with van der Waals surface area (Å²) in [6.45, 7) is 0.711. The minimum atomic E-state index is -0.977. The Bertz CT molecular complexity index is 185. The monoisotopic (exact) mass is 139 g/mol. The Kier molecular flexibility index (Phi) is 1.75. The molecule has 0 spiro atoms. The SMILES string of the molecule is C#CC1(C=O)CCN(C)O1. The standard InChI is InChI=1S/C7H9NO2/c1-3-7(6-9)4-5-8(2)10-7/h1,6H,4-5H2,2H3. The molecule has 0 N–H and O–H groups in total. The number of nitrogens with zero attached hydrogens (tertiary/aromatic N) is 1. The molecule has 0 saturated carbocycles. The highest BCUT2D eigenvalue weighted by atomic mass is 16.7. The van der Waals surface area contributed by atoms with E-state index < -0.39 is 5.60 Å². The van der Waals surface area contributed by atoms with Crippen LogP contribution in [0.1, 0.15) is 6.42 Å². The summed E-state index contributed by atoms with van der Waals surface area (Å²) in [6.07, 6.45) is 6.37. The van der Waals surface area contributed by atoms with Gasteiger partial charge in [0, 0.05) is 20.0 Å². The third kappa shape index (κ3) is 1.04. The molecule has 1 rings (SSSR count). The molecule has 0 radical (unpaired) electrons. The second kappa shape index (κ2) is 2.41. The van der Waals surface area contributed by atoms with Gasteiger partial charge in [-0.3, -0.25) is 9.63 Å². The predicted octanol–water partition coefficient (Wildman–Crippen LogP) is -0.176. The molecule has 54 valence electrons. The quantitative estimate of drug-likeness (QED) is 0.373. The van der Waals surface area contributed by atoms with Crippen LogP contribution < -0.4 is 0 Å². The van der Waals surface area contributed by atoms with Crippen LogP contribution in [0.4, 0.5) is 0 Å². The molecule has 3 nitrogen and oxygen atoms in total. The summed E-state index contributed by atoms with van der Waals surface area (Å²) in [5.41, 5.74) is -0.977. The fourth-order valence-electron chi connectivity index (χ4n) is 0.906. The molecule has 0 amide bonds. The number of rotatable bonds is 1. The van der Waals surface area contributed by atoms with Gasteiger partial charge in [-0.2, -0.15) is 5.06 Å². The molecule has 0 aromatic rings. The lowest BCUT2D eigenvalue weighted by atomic mass is 10.1. The van der Waals surface area contributed by atoms with Crippen LogP contribution in [0, 0.1) is 12.3 Å². The molecule has 3 heteroatoms. The van der Waals surface area contributed by atoms with Crippen molar-refractivity contribution >= 4 is 6.29 Å². The van der Waals surface area contributed by atoms with Gasteiger partial charge in [0.25, 0.3) is 0 Å². The van der Waals surface area contributed by atoms with E-state index in [-0.39, 0.29) is 0 Å². The van der Waals surface area contributed by atoms with Gasteiger partial charge in [0.1, 0.15) is 0 Å². The fourth-order valence-corrected chi connectivity index (χ4v) is 0.906. The van der Waals surface area contributed by atoms with Crippen LogP contribution in [0.3, 0.4) is 0 Å². The molecule has 1 saturated heterocycles. The first-order valence-corrected chi connectivity index (χ1v) is 3.07. The lowest BCUT2D eigenvalue weighted by molar-refractivity contribution is -0.161. The summed E-state index contributed by atoms with van der Waals surface area (Å²) in [5.74, 6) is 2.33. The van der Waals surface area contributed by atoms with Crippen molar-refractivity contribution in [3.8, 4) is 12.3 Å². The van der Waals surface area contributed by atoms with Crippen LogP contribution >= 0.6 is 0 Å². The Hall–Kier alpha value is -0.850. The van der Waals surface area contributed by atoms with Crippen molar-refractivity contribution in [2.75, 3.05) is 13.6 Å². The minimum absolute atomic E-state index is 0.587. The second-order valence-electron chi connectivity index (χ2n) is 2.34. The van der Waals surface area contributed by atoms with E-state index >= 15 is 0 Å². The number of terminal acetylenes is 1. The number of carbonyl (C=O) groups excluding carboxylic acids is 1. The lowest BCUT2D eigenvalue weighted by Crippen LogP contribution is -2.29. The summed E-state index contributed by atoms with van der Waals surface area (Å²) in [5, 5.41) is 1.58. The van der Waals surface area contributed by atoms with Crippen molar-refractivity contribution < 1.29 is 9.63 Å². The molecule has 1 fully saturated rings. The summed E-state index contributed by atoms with van der Waals surface area (Å²) in [7, 11) is 1.75. The zero-order valence-corrected chi connectivity index (χ0v) is 5.83. The molecule has 1 aliphatic heterocycles. The maximum atomic E-state index is 10.4. The Morgan fingerprint density at radius 3 is 2.80 bits per heavy atom. The molecule has 0 bridgehead atoms. The smallest absolute Gasteiger partial charge is 0.205 e. The van der Waals surface area contributed by atoms with Gasteiger partial charge in [0.15, 0.2) is 6.29 Å². The first kappa shape index (κ1) is 7.26. The van der Waals surface area contributed by atoms with Crippen LogP contribution in [0.2, 0.25) is 0 Å². The minimum Gasteiger partial charge on any atom is -0.299 e. The summed E-state index contributed by atoms with van der Waals surface area (Å²) >= 11 is 0. The zero-order chi connectivity index (χ0) is 7.61. The van der Waals surface area contributed by atoms with Crippen molar-refractivity contribution in [1.82, 2.24) is 5.06 Å². The van der Waals surface area contributed by atoms with E-state index in [4.69, 9.17) is 11.3 Å².